The molecule has 1 N–H and O–H groups in total. The van der Waals surface area contributed by atoms with Gasteiger partial charge in [-0.2, -0.15) is 0 Å². The van der Waals surface area contributed by atoms with Crippen molar-refractivity contribution in [2.45, 2.75) is 0 Å². The molecule has 0 fully saturated rings. The van der Waals surface area contributed by atoms with Crippen LogP contribution in [0.1, 0.15) is 0 Å². The molecule has 0 aliphatic carbocycles. The Bertz CT molecular complexity index is 888. The SMILES string of the molecule is Oc1ccc(O[PH](c2ccccc2)(c2ccccc2)c2ccccc2)cc1. The third kappa shape index (κ3) is 3.45. The molecule has 4 aromatic carbocycles. The van der Waals surface area contributed by atoms with Crippen LogP contribution < -0.4 is 20.4 Å². The first-order valence-electron chi connectivity index (χ1n) is 8.94. The van der Waals surface area contributed by atoms with Gasteiger partial charge >= 0.3 is 160 Å². The third-order valence-corrected chi connectivity index (χ3v) is 8.63. The zero-order valence-electron chi connectivity index (χ0n) is 14.8. The van der Waals surface area contributed by atoms with E-state index in [2.05, 4.69) is 72.8 Å². The Morgan fingerprint density at radius 3 is 1.22 bits per heavy atom. The molecule has 0 bridgehead atoms. The van der Waals surface area contributed by atoms with Gasteiger partial charge in [0.2, 0.25) is 0 Å². The number of phenols is 1. The minimum absolute atomic E-state index is 0.230. The van der Waals surface area contributed by atoms with Crippen LogP contribution >= 0.6 is 7.49 Å². The zero-order chi connectivity index (χ0) is 18.5. The second kappa shape index (κ2) is 7.65. The number of rotatable bonds is 5. The summed E-state index contributed by atoms with van der Waals surface area (Å²) in [5.74, 6) is 0.977. The van der Waals surface area contributed by atoms with Gasteiger partial charge in [0, 0.05) is 0 Å². The molecular formula is C24H21O2P. The van der Waals surface area contributed by atoms with Gasteiger partial charge in [-0.05, 0) is 0 Å². The van der Waals surface area contributed by atoms with Gasteiger partial charge in [-0.3, -0.25) is 0 Å². The third-order valence-electron chi connectivity index (χ3n) is 4.65. The van der Waals surface area contributed by atoms with Crippen molar-refractivity contribution in [1.82, 2.24) is 0 Å². The van der Waals surface area contributed by atoms with Crippen LogP contribution in [0.5, 0.6) is 11.5 Å². The summed E-state index contributed by atoms with van der Waals surface area (Å²) < 4.78 is 6.84. The molecule has 0 radical (unpaired) electrons. The van der Waals surface area contributed by atoms with Crippen LogP contribution in [-0.2, 0) is 0 Å². The second-order valence-corrected chi connectivity index (χ2v) is 9.67. The van der Waals surface area contributed by atoms with E-state index in [0.29, 0.717) is 0 Å². The molecule has 134 valence electrons. The Hall–Kier alpha value is -3.09. The van der Waals surface area contributed by atoms with Gasteiger partial charge in [0.05, 0.1) is 0 Å². The average Bonchev–Trinajstić information content (AvgIpc) is 2.75. The summed E-state index contributed by atoms with van der Waals surface area (Å²) in [7, 11) is -2.76. The van der Waals surface area contributed by atoms with E-state index >= 15 is 0 Å². The quantitative estimate of drug-likeness (QED) is 0.526. The molecule has 0 heterocycles. The van der Waals surface area contributed by atoms with Crippen LogP contribution in [0.4, 0.5) is 0 Å². The molecule has 27 heavy (non-hydrogen) atoms. The van der Waals surface area contributed by atoms with Crippen LogP contribution in [0.25, 0.3) is 0 Å². The van der Waals surface area contributed by atoms with Gasteiger partial charge in [0.15, 0.2) is 0 Å². The van der Waals surface area contributed by atoms with Crippen LogP contribution in [0.2, 0.25) is 0 Å². The molecule has 4 aromatic rings. The van der Waals surface area contributed by atoms with Crippen LogP contribution in [-0.4, -0.2) is 5.11 Å². The van der Waals surface area contributed by atoms with Gasteiger partial charge in [-0.25, -0.2) is 0 Å². The van der Waals surface area contributed by atoms with Crippen molar-refractivity contribution < 1.29 is 9.63 Å². The van der Waals surface area contributed by atoms with Crippen molar-refractivity contribution in [2.75, 3.05) is 0 Å². The first-order valence-corrected chi connectivity index (χ1v) is 10.8. The molecule has 0 amide bonds. The number of benzene rings is 4. The molecular weight excluding hydrogens is 351 g/mol. The van der Waals surface area contributed by atoms with E-state index in [4.69, 9.17) is 4.52 Å². The Morgan fingerprint density at radius 1 is 0.481 bits per heavy atom. The van der Waals surface area contributed by atoms with Crippen molar-refractivity contribution in [3.05, 3.63) is 115 Å². The maximum atomic E-state index is 9.66. The first kappa shape index (κ1) is 17.3. The number of aromatic hydroxyl groups is 1. The molecule has 0 spiro atoms. The monoisotopic (exact) mass is 372 g/mol. The predicted octanol–water partition coefficient (Wildman–Crippen LogP) is 4.41. The number of hydrogen-bond acceptors (Lipinski definition) is 2. The van der Waals surface area contributed by atoms with E-state index in [9.17, 15) is 5.11 Å². The van der Waals surface area contributed by atoms with Gasteiger partial charge in [0.1, 0.15) is 0 Å². The van der Waals surface area contributed by atoms with Crippen LogP contribution in [0.3, 0.4) is 0 Å². The zero-order valence-corrected chi connectivity index (χ0v) is 15.8. The van der Waals surface area contributed by atoms with E-state index in [1.807, 2.05) is 30.3 Å². The fourth-order valence-electron chi connectivity index (χ4n) is 3.39. The Labute approximate surface area is 160 Å². The van der Waals surface area contributed by atoms with Crippen molar-refractivity contribution in [3.63, 3.8) is 0 Å². The Morgan fingerprint density at radius 2 is 0.852 bits per heavy atom. The van der Waals surface area contributed by atoms with Crippen molar-refractivity contribution in [1.29, 1.82) is 0 Å². The fourth-order valence-corrected chi connectivity index (χ4v) is 7.22. The van der Waals surface area contributed by atoms with Gasteiger partial charge < -0.3 is 0 Å². The summed E-state index contributed by atoms with van der Waals surface area (Å²) in [6.45, 7) is 0. The van der Waals surface area contributed by atoms with E-state index in [1.165, 1.54) is 15.9 Å². The molecule has 0 atom stereocenters. The maximum absolute atomic E-state index is 9.66. The molecule has 0 unspecified atom stereocenters. The molecule has 0 aliphatic rings. The molecule has 0 saturated carbocycles. The molecule has 3 heteroatoms. The standard InChI is InChI=1S/C24H21O2P/c25-20-16-18-21(19-17-20)26-27(22-10-4-1-5-11-22,23-12-6-2-7-13-23)24-14-8-3-9-15-24/h1-19,25,27H. The minimum atomic E-state index is -2.76. The normalized spacial score (nSPS) is 11.7. The van der Waals surface area contributed by atoms with E-state index < -0.39 is 7.49 Å². The number of hydrogen-bond donors (Lipinski definition) is 1. The van der Waals surface area contributed by atoms with E-state index in [-0.39, 0.29) is 5.75 Å². The average molecular weight is 372 g/mol. The summed E-state index contributed by atoms with van der Waals surface area (Å²) in [5, 5.41) is 13.2. The van der Waals surface area contributed by atoms with E-state index in [0.717, 1.165) is 5.75 Å². The molecule has 4 rings (SSSR count). The topological polar surface area (TPSA) is 29.5 Å². The molecule has 0 aliphatic heterocycles. The summed E-state index contributed by atoms with van der Waals surface area (Å²) in [6, 6.07) is 38.3. The van der Waals surface area contributed by atoms with E-state index in [1.54, 1.807) is 12.1 Å². The second-order valence-electron chi connectivity index (χ2n) is 6.38. The summed E-state index contributed by atoms with van der Waals surface area (Å²) in [5.41, 5.74) is 0. The molecule has 2 nitrogen and oxygen atoms in total. The van der Waals surface area contributed by atoms with Gasteiger partial charge in [-0.15, -0.1) is 0 Å². The Kier molecular flexibility index (Phi) is 4.91. The van der Waals surface area contributed by atoms with Crippen LogP contribution in [0.15, 0.2) is 115 Å². The van der Waals surface area contributed by atoms with Crippen molar-refractivity contribution in [2.24, 2.45) is 0 Å². The number of phenolic OH excluding ortho intramolecular Hbond substituents is 1. The van der Waals surface area contributed by atoms with Gasteiger partial charge in [-0.1, -0.05) is 0 Å². The molecule has 0 saturated heterocycles. The summed E-state index contributed by atoms with van der Waals surface area (Å²) >= 11 is 0. The summed E-state index contributed by atoms with van der Waals surface area (Å²) in [6.07, 6.45) is 0. The molecule has 0 aromatic heterocycles. The van der Waals surface area contributed by atoms with Crippen LogP contribution in [0, 0.1) is 0 Å². The first-order chi connectivity index (χ1) is 13.3. The predicted molar refractivity (Wildman–Crippen MR) is 115 cm³/mol. The fraction of sp³-hybridized carbons (Fsp3) is 0. The van der Waals surface area contributed by atoms with Gasteiger partial charge in [0.25, 0.3) is 0 Å². The van der Waals surface area contributed by atoms with Crippen molar-refractivity contribution >= 4 is 23.4 Å². The van der Waals surface area contributed by atoms with Crippen molar-refractivity contribution in [3.8, 4) is 11.5 Å². The Balaban J connectivity index is 1.98. The summed E-state index contributed by atoms with van der Waals surface area (Å²) in [4.78, 5) is 0.